The van der Waals surface area contributed by atoms with Crippen LogP contribution in [-0.4, -0.2) is 47.9 Å². The summed E-state index contributed by atoms with van der Waals surface area (Å²) in [6.45, 7) is 8.15. The fourth-order valence-electron chi connectivity index (χ4n) is 1.52. The number of hydrogen-bond acceptors (Lipinski definition) is 5. The Hall–Kier alpha value is -2.08. The highest BCUT2D eigenvalue weighted by Gasteiger charge is 2.19. The molecule has 1 aromatic carbocycles. The van der Waals surface area contributed by atoms with Crippen molar-refractivity contribution in [3.05, 3.63) is 35.9 Å². The molecule has 23 heavy (non-hydrogen) atoms. The van der Waals surface area contributed by atoms with Crippen LogP contribution < -0.4 is 0 Å². The van der Waals surface area contributed by atoms with Crippen LogP contribution in [0.1, 0.15) is 33.3 Å². The van der Waals surface area contributed by atoms with Crippen molar-refractivity contribution in [1.82, 2.24) is 4.90 Å². The zero-order chi connectivity index (χ0) is 17.9. The van der Waals surface area contributed by atoms with Gasteiger partial charge in [0.2, 0.25) is 0 Å². The monoisotopic (exact) mass is 325 g/mol. The molecular formula is C17H27NO5. The predicted octanol–water partition coefficient (Wildman–Crippen LogP) is 2.59. The number of likely N-dealkylation sites (N-methyl/N-ethyl adjacent to an activating group) is 1. The van der Waals surface area contributed by atoms with E-state index >= 15 is 0 Å². The highest BCUT2D eigenvalue weighted by atomic mass is 16.6. The van der Waals surface area contributed by atoms with Gasteiger partial charge in [0.05, 0.1) is 6.10 Å². The maximum atomic E-state index is 11.3. The lowest BCUT2D eigenvalue weighted by atomic mass is 10.2. The van der Waals surface area contributed by atoms with Gasteiger partial charge in [0.15, 0.2) is 0 Å². The minimum absolute atomic E-state index is 0.287. The second-order valence-electron chi connectivity index (χ2n) is 6.10. The number of carbonyl (C=O) groups excluding carboxylic acids is 2. The number of rotatable bonds is 5. The second-order valence-corrected chi connectivity index (χ2v) is 6.10. The van der Waals surface area contributed by atoms with Crippen LogP contribution in [0.15, 0.2) is 30.3 Å². The van der Waals surface area contributed by atoms with E-state index in [1.807, 2.05) is 30.3 Å². The molecule has 0 bridgehead atoms. The maximum absolute atomic E-state index is 11.3. The van der Waals surface area contributed by atoms with Gasteiger partial charge in [-0.1, -0.05) is 30.3 Å². The van der Waals surface area contributed by atoms with Crippen LogP contribution in [-0.2, 0) is 20.9 Å². The smallest absolute Gasteiger partial charge is 0.410 e. The number of carbonyl (C=O) groups is 2. The molecule has 0 spiro atoms. The summed E-state index contributed by atoms with van der Waals surface area (Å²) in [6, 6.07) is 9.55. The van der Waals surface area contributed by atoms with E-state index in [9.17, 15) is 9.59 Å². The first-order valence-electron chi connectivity index (χ1n) is 7.37. The lowest BCUT2D eigenvalue weighted by Gasteiger charge is -2.25. The average Bonchev–Trinajstić information content (AvgIpc) is 2.44. The summed E-state index contributed by atoms with van der Waals surface area (Å²) in [5.74, 6) is 0. The lowest BCUT2D eigenvalue weighted by Crippen LogP contribution is -2.37. The quantitative estimate of drug-likeness (QED) is 0.842. The molecule has 6 nitrogen and oxygen atoms in total. The Bertz CT molecular complexity index is 454. The topological polar surface area (TPSA) is 76.1 Å². The number of nitrogens with zero attached hydrogens (tertiary/aromatic N) is 1. The van der Waals surface area contributed by atoms with Crippen molar-refractivity contribution < 1.29 is 24.2 Å². The summed E-state index contributed by atoms with van der Waals surface area (Å²) in [6.07, 6.45) is -0.939. The summed E-state index contributed by atoms with van der Waals surface area (Å²) >= 11 is 0. The SMILES string of the molecule is CC(O)CN(C)C(=O)OC(C)(C)C.O=COCc1ccccc1. The van der Waals surface area contributed by atoms with Crippen molar-refractivity contribution in [2.75, 3.05) is 13.6 Å². The third kappa shape index (κ3) is 12.2. The minimum atomic E-state index is -0.530. The minimum Gasteiger partial charge on any atom is -0.463 e. The number of aliphatic hydroxyl groups excluding tert-OH is 1. The number of ether oxygens (including phenoxy) is 2. The molecule has 0 fully saturated rings. The van der Waals surface area contributed by atoms with Gasteiger partial charge in [-0.05, 0) is 33.3 Å². The Balaban J connectivity index is 0.000000433. The van der Waals surface area contributed by atoms with E-state index in [1.54, 1.807) is 34.7 Å². The first-order chi connectivity index (χ1) is 10.7. The van der Waals surface area contributed by atoms with E-state index in [4.69, 9.17) is 9.84 Å². The van der Waals surface area contributed by atoms with Gasteiger partial charge < -0.3 is 19.5 Å². The molecule has 0 heterocycles. The molecular weight excluding hydrogens is 298 g/mol. The summed E-state index contributed by atoms with van der Waals surface area (Å²) in [5, 5.41) is 9.02. The molecule has 0 aromatic heterocycles. The van der Waals surface area contributed by atoms with Crippen molar-refractivity contribution in [3.8, 4) is 0 Å². The zero-order valence-corrected chi connectivity index (χ0v) is 14.5. The van der Waals surface area contributed by atoms with Gasteiger partial charge >= 0.3 is 6.09 Å². The van der Waals surface area contributed by atoms with E-state index in [0.29, 0.717) is 13.1 Å². The van der Waals surface area contributed by atoms with Crippen LogP contribution in [0.25, 0.3) is 0 Å². The molecule has 0 aliphatic rings. The van der Waals surface area contributed by atoms with Gasteiger partial charge in [0, 0.05) is 13.6 Å². The van der Waals surface area contributed by atoms with Crippen LogP contribution in [0.3, 0.4) is 0 Å². The Kier molecular flexibility index (Phi) is 9.65. The van der Waals surface area contributed by atoms with Gasteiger partial charge in [0.1, 0.15) is 12.2 Å². The van der Waals surface area contributed by atoms with Crippen molar-refractivity contribution in [2.45, 2.75) is 46.0 Å². The molecule has 0 aliphatic heterocycles. The second kappa shape index (κ2) is 10.6. The summed E-state index contributed by atoms with van der Waals surface area (Å²) in [5.41, 5.74) is 0.527. The van der Waals surface area contributed by atoms with Crippen LogP contribution in [0.5, 0.6) is 0 Å². The fourth-order valence-corrected chi connectivity index (χ4v) is 1.52. The lowest BCUT2D eigenvalue weighted by molar-refractivity contribution is -0.129. The Morgan fingerprint density at radius 3 is 2.30 bits per heavy atom. The molecule has 1 rings (SSSR count). The van der Waals surface area contributed by atoms with E-state index < -0.39 is 17.8 Å². The van der Waals surface area contributed by atoms with Crippen LogP contribution in [0.4, 0.5) is 4.79 Å². The van der Waals surface area contributed by atoms with E-state index in [1.165, 1.54) is 4.90 Å². The van der Waals surface area contributed by atoms with Crippen molar-refractivity contribution in [2.24, 2.45) is 0 Å². The Morgan fingerprint density at radius 2 is 1.87 bits per heavy atom. The molecule has 1 atom stereocenters. The predicted molar refractivity (Wildman–Crippen MR) is 87.8 cm³/mol. The summed E-state index contributed by atoms with van der Waals surface area (Å²) in [4.78, 5) is 22.4. The number of hydrogen-bond donors (Lipinski definition) is 1. The van der Waals surface area contributed by atoms with Gasteiger partial charge in [-0.3, -0.25) is 4.79 Å². The van der Waals surface area contributed by atoms with Crippen LogP contribution in [0, 0.1) is 0 Å². The van der Waals surface area contributed by atoms with Crippen molar-refractivity contribution >= 4 is 12.6 Å². The highest BCUT2D eigenvalue weighted by molar-refractivity contribution is 5.67. The first-order valence-corrected chi connectivity index (χ1v) is 7.37. The van der Waals surface area contributed by atoms with E-state index in [-0.39, 0.29) is 6.54 Å². The Labute approximate surface area is 138 Å². The van der Waals surface area contributed by atoms with Gasteiger partial charge in [-0.15, -0.1) is 0 Å². The van der Waals surface area contributed by atoms with Gasteiger partial charge in [-0.2, -0.15) is 0 Å². The molecule has 0 radical (unpaired) electrons. The Morgan fingerprint density at radius 1 is 1.30 bits per heavy atom. The zero-order valence-electron chi connectivity index (χ0n) is 14.5. The molecule has 0 saturated heterocycles. The molecule has 0 aliphatic carbocycles. The number of amides is 1. The molecule has 1 amide bonds. The summed E-state index contributed by atoms with van der Waals surface area (Å²) < 4.78 is 9.62. The van der Waals surface area contributed by atoms with E-state index in [2.05, 4.69) is 4.74 Å². The van der Waals surface area contributed by atoms with Crippen molar-refractivity contribution in [1.29, 1.82) is 0 Å². The highest BCUT2D eigenvalue weighted by Crippen LogP contribution is 2.09. The summed E-state index contributed by atoms with van der Waals surface area (Å²) in [7, 11) is 1.60. The molecule has 6 heteroatoms. The average molecular weight is 325 g/mol. The standard InChI is InChI=1S/C9H19NO3.C8H8O2/c1-7(11)6-10(5)8(12)13-9(2,3)4;9-7-10-6-8-4-2-1-3-5-8/h7,11H,6H2,1-5H3;1-5,7H,6H2. The normalized spacial score (nSPS) is 11.6. The van der Waals surface area contributed by atoms with Crippen LogP contribution >= 0.6 is 0 Å². The van der Waals surface area contributed by atoms with Gasteiger partial charge in [0.25, 0.3) is 6.47 Å². The van der Waals surface area contributed by atoms with Gasteiger partial charge in [-0.25, -0.2) is 4.79 Å². The van der Waals surface area contributed by atoms with Crippen molar-refractivity contribution in [3.63, 3.8) is 0 Å². The maximum Gasteiger partial charge on any atom is 0.410 e. The number of aliphatic hydroxyl groups is 1. The molecule has 1 aromatic rings. The molecule has 0 saturated carbocycles. The first kappa shape index (κ1) is 20.9. The largest absolute Gasteiger partial charge is 0.463 e. The van der Waals surface area contributed by atoms with Crippen LogP contribution in [0.2, 0.25) is 0 Å². The van der Waals surface area contributed by atoms with E-state index in [0.717, 1.165) is 5.56 Å². The molecule has 130 valence electrons. The third-order valence-electron chi connectivity index (χ3n) is 2.40. The number of benzene rings is 1. The molecule has 1 N–H and O–H groups in total. The third-order valence-corrected chi connectivity index (χ3v) is 2.40. The fraction of sp³-hybridized carbons (Fsp3) is 0.529. The molecule has 1 unspecified atom stereocenters.